The molecule has 0 bridgehead atoms. The van der Waals surface area contributed by atoms with Gasteiger partial charge >= 0.3 is 5.97 Å². The van der Waals surface area contributed by atoms with Crippen LogP contribution in [0.3, 0.4) is 0 Å². The van der Waals surface area contributed by atoms with Crippen LogP contribution in [0, 0.1) is 19.8 Å². The molecule has 0 amide bonds. The zero-order valence-corrected chi connectivity index (χ0v) is 25.7. The number of nitrogens with two attached hydrogens (primary N) is 1. The Kier molecular flexibility index (Phi) is 8.50. The molecule has 19 nitrogen and oxygen atoms in total. The number of rotatable bonds is 10. The van der Waals surface area contributed by atoms with E-state index in [-0.39, 0.29) is 46.1 Å². The van der Waals surface area contributed by atoms with Gasteiger partial charge in [-0.3, -0.25) is 4.79 Å². The van der Waals surface area contributed by atoms with Crippen molar-refractivity contribution in [1.29, 1.82) is 0 Å². The van der Waals surface area contributed by atoms with Crippen molar-refractivity contribution < 1.29 is 24.5 Å². The number of methoxy groups -OCH3 is 1. The lowest BCUT2D eigenvalue weighted by Gasteiger charge is -2.09. The molecule has 19 heteroatoms. The van der Waals surface area contributed by atoms with Gasteiger partial charge in [-0.05, 0) is 13.8 Å². The number of ether oxygens (including phenoxy) is 1. The molecule has 1 atom stereocenters. The lowest BCUT2D eigenvalue weighted by atomic mass is 10.1. The number of azo groups is 2. The number of nitrogens with one attached hydrogen (secondary N) is 1. The summed E-state index contributed by atoms with van der Waals surface area (Å²) >= 11 is 0. The van der Waals surface area contributed by atoms with Gasteiger partial charge in [0.05, 0.1) is 30.4 Å². The summed E-state index contributed by atoms with van der Waals surface area (Å²) in [7, 11) is 4.48. The molecule has 0 aromatic carbocycles. The number of carbonyl (C=O) groups excluding carboxylic acids is 2. The minimum atomic E-state index is -0.653. The molecule has 0 aliphatic heterocycles. The highest BCUT2D eigenvalue weighted by Crippen LogP contribution is 2.35. The fourth-order valence-electron chi connectivity index (χ4n) is 4.59. The molecule has 4 aromatic rings. The van der Waals surface area contributed by atoms with Gasteiger partial charge in [-0.15, -0.1) is 15.3 Å². The summed E-state index contributed by atoms with van der Waals surface area (Å²) in [5.74, 6) is -1.13. The third-order valence-corrected chi connectivity index (χ3v) is 6.94. The van der Waals surface area contributed by atoms with Crippen molar-refractivity contribution in [2.24, 2.45) is 33.4 Å². The van der Waals surface area contributed by atoms with E-state index < -0.39 is 24.2 Å². The largest absolute Gasteiger partial charge is 0.493 e. The van der Waals surface area contributed by atoms with Gasteiger partial charge in [0.15, 0.2) is 40.4 Å². The lowest BCUT2D eigenvalue weighted by molar-refractivity contribution is -0.117. The molecule has 4 heterocycles. The summed E-state index contributed by atoms with van der Waals surface area (Å²) in [6.07, 6.45) is 4.71. The van der Waals surface area contributed by atoms with Crippen molar-refractivity contribution in [3.05, 3.63) is 52.6 Å². The van der Waals surface area contributed by atoms with E-state index in [4.69, 9.17) is 10.5 Å². The minimum Gasteiger partial charge on any atom is -0.493 e. The van der Waals surface area contributed by atoms with Crippen molar-refractivity contribution in [1.82, 2.24) is 39.3 Å². The first kappa shape index (κ1) is 31.3. The van der Waals surface area contributed by atoms with E-state index in [1.807, 2.05) is 6.92 Å². The van der Waals surface area contributed by atoms with Crippen molar-refractivity contribution in [2.75, 3.05) is 31.8 Å². The molecule has 4 aromatic heterocycles. The first-order valence-corrected chi connectivity index (χ1v) is 13.7. The molecule has 1 unspecified atom stereocenters. The topological polar surface area (TPSA) is 251 Å². The summed E-state index contributed by atoms with van der Waals surface area (Å²) < 4.78 is 8.73. The number of aromatic nitrogens is 8. The molecule has 0 fully saturated rings. The Labute approximate surface area is 260 Å². The maximum Gasteiger partial charge on any atom is 0.343 e. The van der Waals surface area contributed by atoms with E-state index >= 15 is 0 Å². The summed E-state index contributed by atoms with van der Waals surface area (Å²) in [4.78, 5) is 32.9. The van der Waals surface area contributed by atoms with Gasteiger partial charge in [0, 0.05) is 31.7 Å². The van der Waals surface area contributed by atoms with Gasteiger partial charge in [0.25, 0.3) is 5.95 Å². The van der Waals surface area contributed by atoms with Gasteiger partial charge in [-0.2, -0.15) is 39.7 Å². The predicted octanol–water partition coefficient (Wildman–Crippen LogP) is 2.83. The number of ketones is 1. The number of anilines is 2. The number of Topliss-reactive ketones (excluding diaryl/α,β-unsaturated/α-hetero) is 1. The molecule has 5 N–H and O–H groups in total. The maximum atomic E-state index is 12.1. The Morgan fingerprint density at radius 1 is 1.09 bits per heavy atom. The van der Waals surface area contributed by atoms with Gasteiger partial charge in [0.1, 0.15) is 12.2 Å². The van der Waals surface area contributed by atoms with Gasteiger partial charge < -0.3 is 26.0 Å². The Bertz CT molecular complexity index is 1980. The van der Waals surface area contributed by atoms with Crippen molar-refractivity contribution in [2.45, 2.75) is 20.8 Å². The molecule has 46 heavy (non-hydrogen) atoms. The van der Waals surface area contributed by atoms with Crippen LogP contribution in [0.15, 0.2) is 56.1 Å². The van der Waals surface area contributed by atoms with Crippen LogP contribution in [0.1, 0.15) is 28.7 Å². The number of aromatic hydroxyl groups is 1. The summed E-state index contributed by atoms with van der Waals surface area (Å²) in [5.41, 5.74) is 8.52. The first-order valence-electron chi connectivity index (χ1n) is 13.7. The molecule has 1 aliphatic rings. The zero-order chi connectivity index (χ0) is 33.3. The predicted molar refractivity (Wildman–Crippen MR) is 162 cm³/mol. The SMILES string of the molecule is CNc1c(/N=N/c2c(C(=O)OC)cnn2C)c(C)nn1-c1nc(O)cc(-n2nc(C)c(/N=N/C3=C(C(=O)CO)C=CC3C)c2N)n1. The number of aliphatic hydroxyl groups is 1. The Morgan fingerprint density at radius 2 is 1.78 bits per heavy atom. The maximum absolute atomic E-state index is 12.1. The molecule has 1 aliphatic carbocycles. The van der Waals surface area contributed by atoms with Crippen LogP contribution in [0.4, 0.5) is 28.8 Å². The van der Waals surface area contributed by atoms with Gasteiger partial charge in [-0.1, -0.05) is 19.1 Å². The van der Waals surface area contributed by atoms with E-state index in [9.17, 15) is 19.8 Å². The smallest absolute Gasteiger partial charge is 0.343 e. The number of hydrogen-bond donors (Lipinski definition) is 4. The van der Waals surface area contributed by atoms with Crippen LogP contribution in [0.5, 0.6) is 5.88 Å². The Hall–Kier alpha value is -6.11. The average Bonchev–Trinajstić information content (AvgIpc) is 3.77. The summed E-state index contributed by atoms with van der Waals surface area (Å²) in [6.45, 7) is 4.53. The van der Waals surface area contributed by atoms with Gasteiger partial charge in [-0.25, -0.2) is 9.48 Å². The fourth-order valence-corrected chi connectivity index (χ4v) is 4.59. The number of hydrogen-bond acceptors (Lipinski definition) is 16. The highest BCUT2D eigenvalue weighted by molar-refractivity contribution is 6.00. The lowest BCUT2D eigenvalue weighted by Crippen LogP contribution is -2.11. The average molecular weight is 631 g/mol. The van der Waals surface area contributed by atoms with Crippen LogP contribution in [-0.4, -0.2) is 82.0 Å². The highest BCUT2D eigenvalue weighted by atomic mass is 16.5. The quantitative estimate of drug-likeness (QED) is 0.146. The monoisotopic (exact) mass is 630 g/mol. The number of esters is 1. The fraction of sp³-hybridized carbons (Fsp3) is 0.296. The van der Waals surface area contributed by atoms with Crippen molar-refractivity contribution in [3.8, 4) is 17.6 Å². The second-order valence-electron chi connectivity index (χ2n) is 9.98. The van der Waals surface area contributed by atoms with Crippen LogP contribution >= 0.6 is 0 Å². The second kappa shape index (κ2) is 12.5. The number of carbonyl (C=O) groups is 2. The van der Waals surface area contributed by atoms with Crippen LogP contribution < -0.4 is 11.1 Å². The summed E-state index contributed by atoms with van der Waals surface area (Å²) in [6, 6.07) is 1.25. The van der Waals surface area contributed by atoms with E-state index in [1.165, 1.54) is 33.4 Å². The van der Waals surface area contributed by atoms with Crippen molar-refractivity contribution in [3.63, 3.8) is 0 Å². The van der Waals surface area contributed by atoms with Gasteiger partial charge in [0.2, 0.25) is 5.88 Å². The molecule has 238 valence electrons. The normalized spacial score (nSPS) is 14.7. The van der Waals surface area contributed by atoms with E-state index in [2.05, 4.69) is 51.0 Å². The third-order valence-electron chi connectivity index (χ3n) is 6.94. The molecular weight excluding hydrogens is 600 g/mol. The molecular formula is C27H30N14O5. The second-order valence-corrected chi connectivity index (χ2v) is 9.98. The number of nitrogen functional groups attached to an aromatic ring is 1. The minimum absolute atomic E-state index is 0.0529. The van der Waals surface area contributed by atoms with E-state index in [0.717, 1.165) is 0 Å². The van der Waals surface area contributed by atoms with Crippen LogP contribution in [-0.2, 0) is 16.6 Å². The first-order chi connectivity index (χ1) is 22.0. The molecule has 0 radical (unpaired) electrons. The number of aryl methyl sites for hydroxylation is 3. The number of nitrogens with zero attached hydrogens (tertiary/aromatic N) is 12. The summed E-state index contributed by atoms with van der Waals surface area (Å²) in [5, 5.41) is 52.8. The number of allylic oxidation sites excluding steroid dienone is 2. The molecule has 0 saturated heterocycles. The highest BCUT2D eigenvalue weighted by Gasteiger charge is 2.24. The number of aliphatic hydroxyl groups excluding tert-OH is 1. The third kappa shape index (κ3) is 5.61. The van der Waals surface area contributed by atoms with Crippen molar-refractivity contribution >= 4 is 40.6 Å². The Morgan fingerprint density at radius 3 is 2.48 bits per heavy atom. The molecule has 0 spiro atoms. The Balaban J connectivity index is 1.52. The van der Waals surface area contributed by atoms with Crippen LogP contribution in [0.2, 0.25) is 0 Å². The van der Waals surface area contributed by atoms with E-state index in [0.29, 0.717) is 28.6 Å². The molecule has 5 rings (SSSR count). The van der Waals surface area contributed by atoms with E-state index in [1.54, 1.807) is 40.1 Å². The zero-order valence-electron chi connectivity index (χ0n) is 25.7. The standard InChI is InChI=1S/C27H30N14O5/c1-12-7-8-15(17(43)11-42)20(12)33-34-21-13(2)37-40(23(21)28)18-9-19(44)32-27(31-18)41-25(29-4)22(14(3)38-41)35-36-24-16(26(45)46-6)10-30-39(24)5/h7-10,12,29,42H,11,28H2,1-6H3,(H,31,32,44)/b34-33+,36-35+. The van der Waals surface area contributed by atoms with Crippen LogP contribution in [0.25, 0.3) is 11.8 Å². The molecule has 0 saturated carbocycles.